The van der Waals surface area contributed by atoms with E-state index in [4.69, 9.17) is 0 Å². The van der Waals surface area contributed by atoms with Crippen LogP contribution in [0.15, 0.2) is 66.2 Å². The van der Waals surface area contributed by atoms with Crippen molar-refractivity contribution in [2.75, 3.05) is 31.5 Å². The lowest BCUT2D eigenvalue weighted by molar-refractivity contribution is -0.129. The van der Waals surface area contributed by atoms with Gasteiger partial charge in [0, 0.05) is 55.6 Å². The first kappa shape index (κ1) is 21.5. The van der Waals surface area contributed by atoms with Crippen molar-refractivity contribution in [1.29, 1.82) is 0 Å². The molecule has 0 aromatic heterocycles. The van der Waals surface area contributed by atoms with Crippen molar-refractivity contribution < 1.29 is 14.4 Å². The van der Waals surface area contributed by atoms with E-state index in [0.717, 1.165) is 19.6 Å². The fraction of sp³-hybridized carbons (Fsp3) is 0.292. The summed E-state index contributed by atoms with van der Waals surface area (Å²) in [6.07, 6.45) is 1.33. The lowest BCUT2D eigenvalue weighted by Gasteiger charge is -2.35. The van der Waals surface area contributed by atoms with E-state index in [0.29, 0.717) is 29.9 Å². The Balaban J connectivity index is 1.50. The zero-order valence-electron chi connectivity index (χ0n) is 17.4. The van der Waals surface area contributed by atoms with Crippen LogP contribution in [0.25, 0.3) is 0 Å². The molecule has 1 aliphatic heterocycles. The molecule has 0 bridgehead atoms. The van der Waals surface area contributed by atoms with E-state index in [1.165, 1.54) is 18.6 Å². The normalized spacial score (nSPS) is 15.0. The highest BCUT2D eigenvalue weighted by molar-refractivity contribution is 6.06. The average Bonchev–Trinajstić information content (AvgIpc) is 2.75. The van der Waals surface area contributed by atoms with Crippen LogP contribution in [0.4, 0.5) is 5.69 Å². The van der Waals surface area contributed by atoms with Gasteiger partial charge in [-0.05, 0) is 43.7 Å². The van der Waals surface area contributed by atoms with Crippen molar-refractivity contribution in [1.82, 2.24) is 9.80 Å². The first-order valence-corrected chi connectivity index (χ1v) is 10.1. The minimum absolute atomic E-state index is 0.0296. The molecule has 0 spiro atoms. The monoisotopic (exact) mass is 405 g/mol. The summed E-state index contributed by atoms with van der Waals surface area (Å²) >= 11 is 0. The van der Waals surface area contributed by atoms with Gasteiger partial charge in [-0.15, -0.1) is 0 Å². The van der Waals surface area contributed by atoms with Crippen molar-refractivity contribution in [3.63, 3.8) is 0 Å². The minimum Gasteiger partial charge on any atom is -0.336 e. The van der Waals surface area contributed by atoms with Gasteiger partial charge in [0.2, 0.25) is 11.8 Å². The van der Waals surface area contributed by atoms with E-state index in [1.807, 2.05) is 18.2 Å². The molecule has 30 heavy (non-hydrogen) atoms. The second-order valence-electron chi connectivity index (χ2n) is 7.50. The Kier molecular flexibility index (Phi) is 7.14. The number of amides is 2. The summed E-state index contributed by atoms with van der Waals surface area (Å²) in [6.45, 7) is 6.94. The van der Waals surface area contributed by atoms with Crippen LogP contribution in [0.2, 0.25) is 0 Å². The number of Topliss-reactive ketones (excluding diaryl/α,β-unsaturated/α-hetero) is 1. The first-order chi connectivity index (χ1) is 14.4. The predicted molar refractivity (Wildman–Crippen MR) is 117 cm³/mol. The summed E-state index contributed by atoms with van der Waals surface area (Å²) < 4.78 is 0. The summed E-state index contributed by atoms with van der Waals surface area (Å²) in [7, 11) is 0. The highest BCUT2D eigenvalue weighted by Crippen LogP contribution is 2.13. The van der Waals surface area contributed by atoms with Gasteiger partial charge in [0.05, 0.1) is 0 Å². The molecule has 6 nitrogen and oxygen atoms in total. The molecular weight excluding hydrogens is 378 g/mol. The fourth-order valence-electron chi connectivity index (χ4n) is 3.43. The topological polar surface area (TPSA) is 69.7 Å². The van der Waals surface area contributed by atoms with Crippen molar-refractivity contribution in [2.24, 2.45) is 0 Å². The van der Waals surface area contributed by atoms with E-state index in [9.17, 15) is 14.4 Å². The third kappa shape index (κ3) is 5.87. The van der Waals surface area contributed by atoms with Crippen LogP contribution in [0.5, 0.6) is 0 Å². The highest BCUT2D eigenvalue weighted by Gasteiger charge is 2.22. The minimum atomic E-state index is -0.362. The second kappa shape index (κ2) is 9.98. The van der Waals surface area contributed by atoms with E-state index in [2.05, 4.69) is 22.3 Å². The Hall–Kier alpha value is -3.25. The van der Waals surface area contributed by atoms with Gasteiger partial charge < -0.3 is 10.2 Å². The molecule has 3 rings (SSSR count). The van der Waals surface area contributed by atoms with Crippen LogP contribution in [0.3, 0.4) is 0 Å². The Morgan fingerprint density at radius 3 is 2.13 bits per heavy atom. The quantitative estimate of drug-likeness (QED) is 0.592. The van der Waals surface area contributed by atoms with Crippen LogP contribution >= 0.6 is 0 Å². The number of rotatable bonds is 6. The molecule has 0 aliphatic carbocycles. The van der Waals surface area contributed by atoms with E-state index < -0.39 is 0 Å². The Morgan fingerprint density at radius 2 is 1.53 bits per heavy atom. The van der Waals surface area contributed by atoms with Gasteiger partial charge in [0.25, 0.3) is 0 Å². The SMILES string of the molecule is CC(=O)c1ccc(NC(=O)/C=C(/C)C(=O)N2CCN(Cc3ccccc3)CC2)cc1. The number of benzene rings is 2. The zero-order valence-corrected chi connectivity index (χ0v) is 17.4. The van der Waals surface area contributed by atoms with Crippen molar-refractivity contribution in [3.8, 4) is 0 Å². The number of hydrogen-bond donors (Lipinski definition) is 1. The van der Waals surface area contributed by atoms with Gasteiger partial charge in [-0.25, -0.2) is 0 Å². The summed E-state index contributed by atoms with van der Waals surface area (Å²) in [4.78, 5) is 40.4. The molecule has 1 fully saturated rings. The summed E-state index contributed by atoms with van der Waals surface area (Å²) in [5.41, 5.74) is 2.84. The predicted octanol–water partition coefficient (Wildman–Crippen LogP) is 3.12. The Bertz CT molecular complexity index is 928. The lowest BCUT2D eigenvalue weighted by atomic mass is 10.1. The Morgan fingerprint density at radius 1 is 0.900 bits per heavy atom. The maximum absolute atomic E-state index is 12.7. The molecule has 156 valence electrons. The van der Waals surface area contributed by atoms with Crippen LogP contribution in [0.1, 0.15) is 29.8 Å². The first-order valence-electron chi connectivity index (χ1n) is 10.1. The number of ketones is 1. The van der Waals surface area contributed by atoms with Gasteiger partial charge in [0.1, 0.15) is 0 Å². The van der Waals surface area contributed by atoms with Gasteiger partial charge in [-0.2, -0.15) is 0 Å². The standard InChI is InChI=1S/C24H27N3O3/c1-18(16-23(29)25-22-10-8-21(9-11-22)19(2)28)24(30)27-14-12-26(13-15-27)17-20-6-4-3-5-7-20/h3-11,16H,12-15,17H2,1-2H3,(H,25,29)/b18-16-. The van der Waals surface area contributed by atoms with Gasteiger partial charge in [-0.3, -0.25) is 19.3 Å². The zero-order chi connectivity index (χ0) is 21.5. The third-order valence-electron chi connectivity index (χ3n) is 5.15. The molecule has 0 radical (unpaired) electrons. The van der Waals surface area contributed by atoms with Crippen molar-refractivity contribution in [2.45, 2.75) is 20.4 Å². The number of carbonyl (C=O) groups is 3. The molecule has 0 saturated carbocycles. The summed E-state index contributed by atoms with van der Waals surface area (Å²) in [5.74, 6) is -0.506. The molecule has 1 aliphatic rings. The molecule has 1 saturated heterocycles. The van der Waals surface area contributed by atoms with Crippen LogP contribution in [-0.4, -0.2) is 53.6 Å². The largest absolute Gasteiger partial charge is 0.336 e. The van der Waals surface area contributed by atoms with Crippen molar-refractivity contribution in [3.05, 3.63) is 77.4 Å². The number of hydrogen-bond acceptors (Lipinski definition) is 4. The summed E-state index contributed by atoms with van der Waals surface area (Å²) in [6, 6.07) is 17.0. The number of carbonyl (C=O) groups excluding carboxylic acids is 3. The number of nitrogens with zero attached hydrogens (tertiary/aromatic N) is 2. The second-order valence-corrected chi connectivity index (χ2v) is 7.50. The molecule has 2 amide bonds. The lowest BCUT2D eigenvalue weighted by Crippen LogP contribution is -2.48. The maximum Gasteiger partial charge on any atom is 0.249 e. The molecule has 2 aromatic carbocycles. The summed E-state index contributed by atoms with van der Waals surface area (Å²) in [5, 5.41) is 2.73. The van der Waals surface area contributed by atoms with Gasteiger partial charge in [-0.1, -0.05) is 30.3 Å². The van der Waals surface area contributed by atoms with Crippen LogP contribution in [0, 0.1) is 0 Å². The van der Waals surface area contributed by atoms with E-state index in [1.54, 1.807) is 36.1 Å². The molecule has 1 N–H and O–H groups in total. The Labute approximate surface area is 177 Å². The van der Waals surface area contributed by atoms with E-state index in [-0.39, 0.29) is 17.6 Å². The average molecular weight is 405 g/mol. The number of anilines is 1. The highest BCUT2D eigenvalue weighted by atomic mass is 16.2. The van der Waals surface area contributed by atoms with Gasteiger partial charge in [0.15, 0.2) is 5.78 Å². The smallest absolute Gasteiger partial charge is 0.249 e. The third-order valence-corrected chi connectivity index (χ3v) is 5.15. The molecule has 6 heteroatoms. The molecule has 1 heterocycles. The number of nitrogens with one attached hydrogen (secondary N) is 1. The molecule has 2 aromatic rings. The fourth-order valence-corrected chi connectivity index (χ4v) is 3.43. The molecular formula is C24H27N3O3. The maximum atomic E-state index is 12.7. The molecule has 0 unspecified atom stereocenters. The van der Waals surface area contributed by atoms with Crippen LogP contribution in [-0.2, 0) is 16.1 Å². The molecule has 0 atom stereocenters. The van der Waals surface area contributed by atoms with Crippen molar-refractivity contribution >= 4 is 23.3 Å². The van der Waals surface area contributed by atoms with E-state index >= 15 is 0 Å². The number of piperazine rings is 1. The van der Waals surface area contributed by atoms with Crippen LogP contribution < -0.4 is 5.32 Å². The van der Waals surface area contributed by atoms with Gasteiger partial charge >= 0.3 is 0 Å².